The fourth-order valence-electron chi connectivity index (χ4n) is 3.27. The summed E-state index contributed by atoms with van der Waals surface area (Å²) in [6.45, 7) is 3.64. The number of sulfonamides is 1. The first-order valence-corrected chi connectivity index (χ1v) is 11.3. The van der Waals surface area contributed by atoms with Gasteiger partial charge in [-0.05, 0) is 24.3 Å². The molecule has 2 aromatic carbocycles. The molecular formula is C21H22N4O7S. The standard InChI is InChI=1S/C21H22N4O7S/c1-4-23(5-2)33(30,31)20-10-15(25(28)29)6-8-18(20)24-13-14(12-22-24)21(27)17-11-16(32-3)7-9-19(17)26/h6-13,26H,4-5H2,1-3H3. The van der Waals surface area contributed by atoms with Crippen molar-refractivity contribution in [1.82, 2.24) is 14.1 Å². The second-order valence-electron chi connectivity index (χ2n) is 6.88. The van der Waals surface area contributed by atoms with E-state index in [-0.39, 0.29) is 40.5 Å². The molecule has 0 unspecified atom stereocenters. The summed E-state index contributed by atoms with van der Waals surface area (Å²) in [5.41, 5.74) is -0.299. The number of phenols is 1. The minimum Gasteiger partial charge on any atom is -0.507 e. The highest BCUT2D eigenvalue weighted by Crippen LogP contribution is 2.29. The molecule has 3 aromatic rings. The van der Waals surface area contributed by atoms with E-state index in [1.807, 2.05) is 0 Å². The van der Waals surface area contributed by atoms with Crippen LogP contribution in [0.15, 0.2) is 53.7 Å². The molecule has 174 valence electrons. The molecule has 1 heterocycles. The van der Waals surface area contributed by atoms with Crippen molar-refractivity contribution in [3.05, 3.63) is 70.0 Å². The zero-order valence-corrected chi connectivity index (χ0v) is 18.9. The third kappa shape index (κ3) is 4.56. The number of aromatic hydroxyl groups is 1. The van der Waals surface area contributed by atoms with Crippen LogP contribution in [0.2, 0.25) is 0 Å². The Morgan fingerprint density at radius 1 is 1.21 bits per heavy atom. The van der Waals surface area contributed by atoms with Crippen LogP contribution < -0.4 is 4.74 Å². The van der Waals surface area contributed by atoms with Gasteiger partial charge in [-0.25, -0.2) is 13.1 Å². The summed E-state index contributed by atoms with van der Waals surface area (Å²) in [5.74, 6) is -0.451. The van der Waals surface area contributed by atoms with Gasteiger partial charge in [0.05, 0.1) is 35.0 Å². The van der Waals surface area contributed by atoms with Gasteiger partial charge in [0.2, 0.25) is 10.0 Å². The number of ketones is 1. The normalized spacial score (nSPS) is 11.5. The van der Waals surface area contributed by atoms with E-state index >= 15 is 0 Å². The molecule has 0 fully saturated rings. The molecule has 0 radical (unpaired) electrons. The number of aromatic nitrogens is 2. The predicted octanol–water partition coefficient (Wildman–Crippen LogP) is 2.76. The highest BCUT2D eigenvalue weighted by molar-refractivity contribution is 7.89. The molecule has 0 saturated heterocycles. The van der Waals surface area contributed by atoms with Gasteiger partial charge in [-0.15, -0.1) is 0 Å². The molecule has 3 rings (SSSR count). The van der Waals surface area contributed by atoms with Crippen LogP contribution in [0.1, 0.15) is 29.8 Å². The highest BCUT2D eigenvalue weighted by atomic mass is 32.2. The highest BCUT2D eigenvalue weighted by Gasteiger charge is 2.28. The van der Waals surface area contributed by atoms with E-state index in [0.717, 1.165) is 16.8 Å². The van der Waals surface area contributed by atoms with Crippen LogP contribution in [-0.2, 0) is 10.0 Å². The number of hydrogen-bond donors (Lipinski definition) is 1. The second-order valence-corrected chi connectivity index (χ2v) is 8.79. The summed E-state index contributed by atoms with van der Waals surface area (Å²) < 4.78 is 33.8. The molecule has 33 heavy (non-hydrogen) atoms. The van der Waals surface area contributed by atoms with Gasteiger partial charge in [-0.1, -0.05) is 13.8 Å². The molecule has 0 aliphatic rings. The molecule has 0 bridgehead atoms. The topological polar surface area (TPSA) is 145 Å². The van der Waals surface area contributed by atoms with Crippen LogP contribution in [0.4, 0.5) is 5.69 Å². The Morgan fingerprint density at radius 2 is 1.91 bits per heavy atom. The van der Waals surface area contributed by atoms with Gasteiger partial charge in [0, 0.05) is 31.4 Å². The van der Waals surface area contributed by atoms with E-state index in [0.29, 0.717) is 5.75 Å². The molecule has 0 spiro atoms. The molecule has 0 saturated carbocycles. The van der Waals surface area contributed by atoms with Crippen LogP contribution >= 0.6 is 0 Å². The maximum absolute atomic E-state index is 13.2. The summed E-state index contributed by atoms with van der Waals surface area (Å²) in [7, 11) is -2.67. The Balaban J connectivity index is 2.12. The number of nitrogens with zero attached hydrogens (tertiary/aromatic N) is 4. The zero-order chi connectivity index (χ0) is 24.3. The van der Waals surface area contributed by atoms with Crippen LogP contribution in [0.25, 0.3) is 5.69 Å². The zero-order valence-electron chi connectivity index (χ0n) is 18.1. The number of carbonyl (C=O) groups excluding carboxylic acids is 1. The van der Waals surface area contributed by atoms with E-state index in [2.05, 4.69) is 5.10 Å². The quantitative estimate of drug-likeness (QED) is 0.283. The largest absolute Gasteiger partial charge is 0.507 e. The van der Waals surface area contributed by atoms with E-state index in [1.165, 1.54) is 48.1 Å². The molecular weight excluding hydrogens is 452 g/mol. The van der Waals surface area contributed by atoms with E-state index in [1.54, 1.807) is 13.8 Å². The molecule has 0 amide bonds. The maximum Gasteiger partial charge on any atom is 0.270 e. The summed E-state index contributed by atoms with van der Waals surface area (Å²) in [5, 5.41) is 25.4. The van der Waals surface area contributed by atoms with Crippen molar-refractivity contribution in [2.45, 2.75) is 18.7 Å². The predicted molar refractivity (Wildman–Crippen MR) is 118 cm³/mol. The van der Waals surface area contributed by atoms with Gasteiger partial charge in [-0.3, -0.25) is 14.9 Å². The Bertz CT molecular complexity index is 1310. The number of phenolic OH excluding ortho intramolecular Hbond substituents is 1. The van der Waals surface area contributed by atoms with Gasteiger partial charge in [0.25, 0.3) is 5.69 Å². The Labute approximate surface area is 190 Å². The van der Waals surface area contributed by atoms with Crippen molar-refractivity contribution in [3.8, 4) is 17.2 Å². The number of non-ortho nitro benzene ring substituents is 1. The van der Waals surface area contributed by atoms with Gasteiger partial charge in [0.1, 0.15) is 16.4 Å². The number of benzene rings is 2. The smallest absolute Gasteiger partial charge is 0.270 e. The van der Waals surface area contributed by atoms with E-state index < -0.39 is 26.4 Å². The lowest BCUT2D eigenvalue weighted by molar-refractivity contribution is -0.385. The fraction of sp³-hybridized carbons (Fsp3) is 0.238. The van der Waals surface area contributed by atoms with Crippen molar-refractivity contribution in [3.63, 3.8) is 0 Å². The lowest BCUT2D eigenvalue weighted by Gasteiger charge is -2.20. The molecule has 12 heteroatoms. The lowest BCUT2D eigenvalue weighted by atomic mass is 10.1. The van der Waals surface area contributed by atoms with Crippen molar-refractivity contribution in [1.29, 1.82) is 0 Å². The third-order valence-corrected chi connectivity index (χ3v) is 7.10. The lowest BCUT2D eigenvalue weighted by Crippen LogP contribution is -2.31. The second kappa shape index (κ2) is 9.38. The monoisotopic (exact) mass is 474 g/mol. The van der Waals surface area contributed by atoms with E-state index in [9.17, 15) is 28.4 Å². The summed E-state index contributed by atoms with van der Waals surface area (Å²) in [6, 6.07) is 7.59. The average Bonchev–Trinajstić information content (AvgIpc) is 3.29. The number of hydrogen-bond acceptors (Lipinski definition) is 8. The number of methoxy groups -OCH3 is 1. The van der Waals surface area contributed by atoms with Crippen LogP contribution in [0.5, 0.6) is 11.5 Å². The van der Waals surface area contributed by atoms with Crippen molar-refractivity contribution in [2.24, 2.45) is 0 Å². The van der Waals surface area contributed by atoms with Crippen LogP contribution in [0, 0.1) is 10.1 Å². The van der Waals surface area contributed by atoms with E-state index in [4.69, 9.17) is 4.74 Å². The number of ether oxygens (including phenoxy) is 1. The van der Waals surface area contributed by atoms with Gasteiger partial charge in [-0.2, -0.15) is 9.40 Å². The first-order chi connectivity index (χ1) is 15.6. The average molecular weight is 474 g/mol. The SMILES string of the molecule is CCN(CC)S(=O)(=O)c1cc([N+](=O)[O-])ccc1-n1cc(C(=O)c2cc(OC)ccc2O)cn1. The third-order valence-electron chi connectivity index (χ3n) is 5.02. The summed E-state index contributed by atoms with van der Waals surface area (Å²) >= 11 is 0. The molecule has 0 atom stereocenters. The first-order valence-electron chi connectivity index (χ1n) is 9.89. The fourth-order valence-corrected chi connectivity index (χ4v) is 4.92. The van der Waals surface area contributed by atoms with Gasteiger partial charge in [0.15, 0.2) is 5.78 Å². The Morgan fingerprint density at radius 3 is 2.52 bits per heavy atom. The van der Waals surface area contributed by atoms with Gasteiger partial charge >= 0.3 is 0 Å². The first kappa shape index (κ1) is 23.9. The van der Waals surface area contributed by atoms with Crippen molar-refractivity contribution < 1.29 is 28.0 Å². The molecule has 11 nitrogen and oxygen atoms in total. The molecule has 1 aromatic heterocycles. The van der Waals surface area contributed by atoms with Crippen LogP contribution in [-0.4, -0.2) is 58.5 Å². The molecule has 0 aliphatic heterocycles. The molecule has 0 aliphatic carbocycles. The summed E-state index contributed by atoms with van der Waals surface area (Å²) in [6.07, 6.45) is 2.51. The van der Waals surface area contributed by atoms with Crippen molar-refractivity contribution >= 4 is 21.5 Å². The maximum atomic E-state index is 13.2. The van der Waals surface area contributed by atoms with Crippen molar-refractivity contribution in [2.75, 3.05) is 20.2 Å². The Hall–Kier alpha value is -3.77. The minimum atomic E-state index is -4.09. The minimum absolute atomic E-state index is 0.0198. The number of nitro groups is 1. The molecule has 1 N–H and O–H groups in total. The Kier molecular flexibility index (Phi) is 6.79. The van der Waals surface area contributed by atoms with Gasteiger partial charge < -0.3 is 9.84 Å². The van der Waals surface area contributed by atoms with Crippen LogP contribution in [0.3, 0.4) is 0 Å². The number of carbonyl (C=O) groups is 1. The summed E-state index contributed by atoms with van der Waals surface area (Å²) in [4.78, 5) is 23.2. The number of rotatable bonds is 9. The number of nitro benzene ring substituents is 1.